The Labute approximate surface area is 106 Å². The molecule has 0 radical (unpaired) electrons. The van der Waals surface area contributed by atoms with Crippen LogP contribution in [0.1, 0.15) is 24.7 Å². The lowest BCUT2D eigenvalue weighted by molar-refractivity contribution is 0.484. The van der Waals surface area contributed by atoms with E-state index in [0.29, 0.717) is 12.1 Å². The number of furan rings is 1. The number of pyridine rings is 1. The van der Waals surface area contributed by atoms with Gasteiger partial charge in [-0.15, -0.1) is 0 Å². The number of hydrogen-bond acceptors (Lipinski definition) is 4. The van der Waals surface area contributed by atoms with E-state index in [2.05, 4.69) is 23.3 Å². The van der Waals surface area contributed by atoms with Crippen LogP contribution in [0, 0.1) is 11.3 Å². The number of nitrogens with zero attached hydrogens (tertiary/aromatic N) is 2. The van der Waals surface area contributed by atoms with Crippen molar-refractivity contribution in [2.75, 3.05) is 6.54 Å². The molecule has 2 aromatic rings. The lowest BCUT2D eigenvalue weighted by Gasteiger charge is -2.04. The van der Waals surface area contributed by atoms with Crippen LogP contribution in [0.4, 0.5) is 0 Å². The monoisotopic (exact) mass is 241 g/mol. The van der Waals surface area contributed by atoms with Gasteiger partial charge in [-0.05, 0) is 25.1 Å². The minimum atomic E-state index is 0.557. The zero-order valence-corrected chi connectivity index (χ0v) is 10.3. The minimum absolute atomic E-state index is 0.557. The zero-order chi connectivity index (χ0) is 12.8. The van der Waals surface area contributed by atoms with Crippen LogP contribution < -0.4 is 5.32 Å². The first-order valence-electron chi connectivity index (χ1n) is 5.97. The number of aromatic nitrogens is 1. The van der Waals surface area contributed by atoms with Gasteiger partial charge in [0.25, 0.3) is 0 Å². The van der Waals surface area contributed by atoms with Gasteiger partial charge in [-0.1, -0.05) is 6.92 Å². The molecule has 2 aromatic heterocycles. The van der Waals surface area contributed by atoms with E-state index < -0.39 is 0 Å². The highest BCUT2D eigenvalue weighted by atomic mass is 16.3. The molecule has 0 bridgehead atoms. The van der Waals surface area contributed by atoms with Crippen molar-refractivity contribution in [2.45, 2.75) is 19.9 Å². The van der Waals surface area contributed by atoms with Gasteiger partial charge in [0.05, 0.1) is 18.4 Å². The first-order valence-corrected chi connectivity index (χ1v) is 5.97. The van der Waals surface area contributed by atoms with E-state index in [4.69, 9.17) is 9.68 Å². The van der Waals surface area contributed by atoms with Gasteiger partial charge in [-0.3, -0.25) is 4.98 Å². The lowest BCUT2D eigenvalue weighted by atomic mass is 10.1. The van der Waals surface area contributed by atoms with Crippen molar-refractivity contribution in [3.05, 3.63) is 42.1 Å². The second kappa shape index (κ2) is 5.99. The summed E-state index contributed by atoms with van der Waals surface area (Å²) >= 11 is 0. The Kier molecular flexibility index (Phi) is 4.11. The maximum absolute atomic E-state index is 8.88. The van der Waals surface area contributed by atoms with Gasteiger partial charge in [-0.2, -0.15) is 5.26 Å². The maximum Gasteiger partial charge on any atom is 0.125 e. The van der Waals surface area contributed by atoms with Crippen molar-refractivity contribution in [2.24, 2.45) is 0 Å². The Morgan fingerprint density at radius 1 is 1.44 bits per heavy atom. The van der Waals surface area contributed by atoms with Crippen LogP contribution in [0.2, 0.25) is 0 Å². The highest BCUT2D eigenvalue weighted by molar-refractivity contribution is 5.65. The van der Waals surface area contributed by atoms with Crippen molar-refractivity contribution >= 4 is 0 Å². The molecule has 0 spiro atoms. The largest absolute Gasteiger partial charge is 0.467 e. The van der Waals surface area contributed by atoms with Crippen LogP contribution >= 0.6 is 0 Å². The van der Waals surface area contributed by atoms with Gasteiger partial charge in [0, 0.05) is 23.5 Å². The van der Waals surface area contributed by atoms with E-state index in [9.17, 15) is 0 Å². The van der Waals surface area contributed by atoms with Crippen molar-refractivity contribution < 1.29 is 4.42 Å². The fraction of sp³-hybridized carbons (Fsp3) is 0.286. The molecular weight excluding hydrogens is 226 g/mol. The summed E-state index contributed by atoms with van der Waals surface area (Å²) in [6, 6.07) is 5.82. The van der Waals surface area contributed by atoms with Crippen LogP contribution in [0.15, 0.2) is 35.2 Å². The molecule has 0 aromatic carbocycles. The molecule has 0 saturated carbocycles. The predicted molar refractivity (Wildman–Crippen MR) is 68.7 cm³/mol. The molecule has 0 atom stereocenters. The van der Waals surface area contributed by atoms with Gasteiger partial charge in [-0.25, -0.2) is 0 Å². The van der Waals surface area contributed by atoms with Gasteiger partial charge in [0.1, 0.15) is 11.8 Å². The van der Waals surface area contributed by atoms with E-state index in [1.165, 1.54) is 0 Å². The Morgan fingerprint density at radius 3 is 3.11 bits per heavy atom. The van der Waals surface area contributed by atoms with Crippen LogP contribution in [0.25, 0.3) is 11.1 Å². The fourth-order valence-corrected chi connectivity index (χ4v) is 1.76. The average molecular weight is 241 g/mol. The normalized spacial score (nSPS) is 10.2. The van der Waals surface area contributed by atoms with Gasteiger partial charge in [0.2, 0.25) is 0 Å². The SMILES string of the molecule is CCCNCc1occc1-c1cncc(C#N)c1. The van der Waals surface area contributed by atoms with E-state index >= 15 is 0 Å². The summed E-state index contributed by atoms with van der Waals surface area (Å²) in [7, 11) is 0. The molecule has 0 aliphatic carbocycles. The van der Waals surface area contributed by atoms with E-state index in [1.54, 1.807) is 18.7 Å². The highest BCUT2D eigenvalue weighted by Crippen LogP contribution is 2.24. The topological polar surface area (TPSA) is 61.9 Å². The predicted octanol–water partition coefficient (Wildman–Crippen LogP) is 2.71. The summed E-state index contributed by atoms with van der Waals surface area (Å²) in [5.74, 6) is 0.875. The van der Waals surface area contributed by atoms with E-state index in [0.717, 1.165) is 29.9 Å². The van der Waals surface area contributed by atoms with Crippen molar-refractivity contribution in [3.8, 4) is 17.2 Å². The second-order valence-corrected chi connectivity index (χ2v) is 4.01. The molecular formula is C14H15N3O. The Bertz CT molecular complexity index is 554. The Balaban J connectivity index is 2.22. The second-order valence-electron chi connectivity index (χ2n) is 4.01. The molecule has 18 heavy (non-hydrogen) atoms. The first-order chi connectivity index (χ1) is 8.85. The molecule has 0 saturated heterocycles. The molecule has 0 fully saturated rings. The quantitative estimate of drug-likeness (QED) is 0.817. The zero-order valence-electron chi connectivity index (χ0n) is 10.3. The molecule has 0 aliphatic rings. The third-order valence-electron chi connectivity index (χ3n) is 2.64. The molecule has 2 rings (SSSR count). The molecule has 4 nitrogen and oxygen atoms in total. The summed E-state index contributed by atoms with van der Waals surface area (Å²) in [5.41, 5.74) is 2.46. The Morgan fingerprint density at radius 2 is 2.33 bits per heavy atom. The maximum atomic E-state index is 8.88. The molecule has 92 valence electrons. The first kappa shape index (κ1) is 12.3. The van der Waals surface area contributed by atoms with Crippen molar-refractivity contribution in [3.63, 3.8) is 0 Å². The molecule has 0 unspecified atom stereocenters. The van der Waals surface area contributed by atoms with Crippen LogP contribution in [0.5, 0.6) is 0 Å². The third kappa shape index (κ3) is 2.76. The molecule has 0 aliphatic heterocycles. The molecule has 2 heterocycles. The molecule has 1 N–H and O–H groups in total. The van der Waals surface area contributed by atoms with Gasteiger partial charge >= 0.3 is 0 Å². The van der Waals surface area contributed by atoms with Gasteiger partial charge in [0.15, 0.2) is 0 Å². The lowest BCUT2D eigenvalue weighted by Crippen LogP contribution is -2.13. The standard InChI is InChI=1S/C14H15N3O/c1-2-4-16-10-14-13(3-5-18-14)12-6-11(7-15)8-17-9-12/h3,5-6,8-9,16H,2,4,10H2,1H3. The number of nitrogens with one attached hydrogen (secondary N) is 1. The summed E-state index contributed by atoms with van der Waals surface area (Å²) < 4.78 is 5.47. The smallest absolute Gasteiger partial charge is 0.125 e. The summed E-state index contributed by atoms with van der Waals surface area (Å²) in [6.07, 6.45) is 6.05. The third-order valence-corrected chi connectivity index (χ3v) is 2.64. The summed E-state index contributed by atoms with van der Waals surface area (Å²) in [5, 5.41) is 12.2. The van der Waals surface area contributed by atoms with E-state index in [-0.39, 0.29) is 0 Å². The van der Waals surface area contributed by atoms with E-state index in [1.807, 2.05) is 12.1 Å². The van der Waals surface area contributed by atoms with Crippen molar-refractivity contribution in [1.82, 2.24) is 10.3 Å². The molecule has 0 amide bonds. The van der Waals surface area contributed by atoms with Crippen LogP contribution in [-0.2, 0) is 6.54 Å². The summed E-state index contributed by atoms with van der Waals surface area (Å²) in [4.78, 5) is 4.06. The highest BCUT2D eigenvalue weighted by Gasteiger charge is 2.09. The minimum Gasteiger partial charge on any atom is -0.467 e. The summed E-state index contributed by atoms with van der Waals surface area (Å²) in [6.45, 7) is 3.76. The van der Waals surface area contributed by atoms with Gasteiger partial charge < -0.3 is 9.73 Å². The van der Waals surface area contributed by atoms with Crippen molar-refractivity contribution in [1.29, 1.82) is 5.26 Å². The molecule has 4 heteroatoms. The number of hydrogen-bond donors (Lipinski definition) is 1. The van der Waals surface area contributed by atoms with Crippen LogP contribution in [0.3, 0.4) is 0 Å². The average Bonchev–Trinajstić information content (AvgIpc) is 2.87. The van der Waals surface area contributed by atoms with Crippen LogP contribution in [-0.4, -0.2) is 11.5 Å². The fourth-order valence-electron chi connectivity index (χ4n) is 1.76. The number of nitriles is 1. The Hall–Kier alpha value is -2.12. The number of rotatable bonds is 5.